The fourth-order valence-electron chi connectivity index (χ4n) is 3.22. The first-order valence-electron chi connectivity index (χ1n) is 9.42. The number of hydrogen-bond donors (Lipinski definition) is 0. The molecular formula is C22H24N2O5. The Morgan fingerprint density at radius 3 is 2.52 bits per heavy atom. The maximum atomic E-state index is 12.2. The predicted molar refractivity (Wildman–Crippen MR) is 108 cm³/mol. The minimum atomic E-state index is -0.433. The number of para-hydroxylation sites is 1. The summed E-state index contributed by atoms with van der Waals surface area (Å²) in [7, 11) is 1.61. The van der Waals surface area contributed by atoms with Crippen LogP contribution in [-0.2, 0) is 14.3 Å². The van der Waals surface area contributed by atoms with Crippen molar-refractivity contribution in [1.82, 2.24) is 5.01 Å². The Bertz CT molecular complexity index is 908. The Balaban J connectivity index is 1.84. The normalized spacial score (nSPS) is 15.6. The minimum Gasteiger partial charge on any atom is -0.497 e. The van der Waals surface area contributed by atoms with Crippen LogP contribution in [0.4, 0.5) is 0 Å². The Morgan fingerprint density at radius 2 is 1.86 bits per heavy atom. The minimum absolute atomic E-state index is 0.147. The molecule has 1 aliphatic rings. The van der Waals surface area contributed by atoms with E-state index >= 15 is 0 Å². The molecule has 3 rings (SSSR count). The van der Waals surface area contributed by atoms with Gasteiger partial charge in [-0.3, -0.25) is 4.79 Å². The number of rotatable bonds is 7. The van der Waals surface area contributed by atoms with Crippen LogP contribution in [-0.4, -0.2) is 42.9 Å². The number of esters is 1. The molecule has 0 aromatic heterocycles. The summed E-state index contributed by atoms with van der Waals surface area (Å²) in [6, 6.07) is 14.7. The van der Waals surface area contributed by atoms with Gasteiger partial charge in [0.25, 0.3) is 0 Å². The summed E-state index contributed by atoms with van der Waals surface area (Å²) < 4.78 is 15.8. The number of hydrogen-bond acceptors (Lipinski definition) is 6. The molecule has 29 heavy (non-hydrogen) atoms. The number of nitrogens with zero attached hydrogens (tertiary/aromatic N) is 2. The molecule has 1 atom stereocenters. The zero-order valence-corrected chi connectivity index (χ0v) is 16.8. The third-order valence-electron chi connectivity index (χ3n) is 4.58. The lowest BCUT2D eigenvalue weighted by Gasteiger charge is -2.20. The third kappa shape index (κ3) is 4.74. The van der Waals surface area contributed by atoms with Crippen LogP contribution in [0.15, 0.2) is 53.6 Å². The van der Waals surface area contributed by atoms with Gasteiger partial charge >= 0.3 is 5.97 Å². The van der Waals surface area contributed by atoms with Gasteiger partial charge in [0.05, 0.1) is 25.5 Å². The number of carbonyl (C=O) groups is 2. The fraction of sp³-hybridized carbons (Fsp3) is 0.318. The van der Waals surface area contributed by atoms with E-state index in [1.54, 1.807) is 20.1 Å². The van der Waals surface area contributed by atoms with Crippen molar-refractivity contribution in [2.45, 2.75) is 26.3 Å². The van der Waals surface area contributed by atoms with E-state index in [-0.39, 0.29) is 18.6 Å². The lowest BCUT2D eigenvalue weighted by molar-refractivity contribution is -0.145. The molecule has 0 bridgehead atoms. The molecule has 0 saturated carbocycles. The summed E-state index contributed by atoms with van der Waals surface area (Å²) in [5.74, 6) is 0.695. The summed E-state index contributed by atoms with van der Waals surface area (Å²) >= 11 is 0. The van der Waals surface area contributed by atoms with Gasteiger partial charge in [-0.25, -0.2) is 9.80 Å². The first kappa shape index (κ1) is 20.4. The SMILES string of the molecule is CCOC(=O)COc1ccccc1C1=NN(C(C)=O)[C@@H](c2ccc(OC)cc2)C1. The highest BCUT2D eigenvalue weighted by atomic mass is 16.6. The van der Waals surface area contributed by atoms with Crippen molar-refractivity contribution < 1.29 is 23.8 Å². The van der Waals surface area contributed by atoms with Crippen LogP contribution < -0.4 is 9.47 Å². The van der Waals surface area contributed by atoms with Crippen LogP contribution in [0.5, 0.6) is 11.5 Å². The quantitative estimate of drug-likeness (QED) is 0.671. The first-order chi connectivity index (χ1) is 14.0. The van der Waals surface area contributed by atoms with E-state index in [0.29, 0.717) is 18.8 Å². The summed E-state index contributed by atoms with van der Waals surface area (Å²) in [4.78, 5) is 23.8. The second kappa shape index (κ2) is 9.23. The van der Waals surface area contributed by atoms with Gasteiger partial charge in [-0.05, 0) is 36.8 Å². The zero-order valence-electron chi connectivity index (χ0n) is 16.8. The third-order valence-corrected chi connectivity index (χ3v) is 4.58. The second-order valence-corrected chi connectivity index (χ2v) is 6.49. The van der Waals surface area contributed by atoms with Crippen LogP contribution in [0.3, 0.4) is 0 Å². The molecule has 0 saturated heterocycles. The van der Waals surface area contributed by atoms with Gasteiger partial charge in [-0.1, -0.05) is 24.3 Å². The van der Waals surface area contributed by atoms with E-state index in [0.717, 1.165) is 22.6 Å². The van der Waals surface area contributed by atoms with E-state index in [9.17, 15) is 9.59 Å². The lowest BCUT2D eigenvalue weighted by atomic mass is 9.98. The average Bonchev–Trinajstić information content (AvgIpc) is 3.18. The molecule has 0 N–H and O–H groups in total. The van der Waals surface area contributed by atoms with E-state index in [1.165, 1.54) is 11.9 Å². The van der Waals surface area contributed by atoms with Gasteiger partial charge < -0.3 is 14.2 Å². The topological polar surface area (TPSA) is 77.4 Å². The van der Waals surface area contributed by atoms with Crippen molar-refractivity contribution in [2.75, 3.05) is 20.3 Å². The largest absolute Gasteiger partial charge is 0.497 e. The number of hydrazone groups is 1. The molecule has 7 heteroatoms. The molecule has 0 spiro atoms. The molecule has 152 valence electrons. The molecule has 2 aromatic rings. The number of benzene rings is 2. The van der Waals surface area contributed by atoms with E-state index in [1.807, 2.05) is 42.5 Å². The molecule has 7 nitrogen and oxygen atoms in total. The van der Waals surface area contributed by atoms with Crippen molar-refractivity contribution in [1.29, 1.82) is 0 Å². The smallest absolute Gasteiger partial charge is 0.344 e. The molecule has 1 heterocycles. The van der Waals surface area contributed by atoms with Crippen LogP contribution in [0.1, 0.15) is 37.4 Å². The van der Waals surface area contributed by atoms with Crippen LogP contribution in [0.25, 0.3) is 0 Å². The van der Waals surface area contributed by atoms with Crippen LogP contribution in [0, 0.1) is 0 Å². The van der Waals surface area contributed by atoms with Gasteiger partial charge in [0, 0.05) is 18.9 Å². The highest BCUT2D eigenvalue weighted by Crippen LogP contribution is 2.35. The Hall–Kier alpha value is -3.35. The van der Waals surface area contributed by atoms with E-state index in [4.69, 9.17) is 14.2 Å². The second-order valence-electron chi connectivity index (χ2n) is 6.49. The molecule has 1 aliphatic heterocycles. The van der Waals surface area contributed by atoms with Gasteiger partial charge in [0.1, 0.15) is 11.5 Å². The van der Waals surface area contributed by atoms with E-state index in [2.05, 4.69) is 5.10 Å². The highest BCUT2D eigenvalue weighted by Gasteiger charge is 2.32. The van der Waals surface area contributed by atoms with Gasteiger partial charge in [-0.2, -0.15) is 5.10 Å². The molecule has 0 unspecified atom stereocenters. The summed E-state index contributed by atoms with van der Waals surface area (Å²) in [6.45, 7) is 3.35. The fourth-order valence-corrected chi connectivity index (χ4v) is 3.22. The number of methoxy groups -OCH3 is 1. The maximum absolute atomic E-state index is 12.2. The van der Waals surface area contributed by atoms with Gasteiger partial charge in [0.2, 0.25) is 5.91 Å². The molecule has 2 aromatic carbocycles. The standard InChI is InChI=1S/C22H24N2O5/c1-4-28-22(26)14-29-21-8-6-5-7-18(21)19-13-20(24(23-19)15(2)25)16-9-11-17(27-3)12-10-16/h5-12,20H,4,13-14H2,1-3H3/t20-/m1/s1. The Labute approximate surface area is 169 Å². The molecule has 1 amide bonds. The maximum Gasteiger partial charge on any atom is 0.344 e. The Kier molecular flexibility index (Phi) is 6.49. The average molecular weight is 396 g/mol. The first-order valence-corrected chi connectivity index (χ1v) is 9.42. The van der Waals surface area contributed by atoms with Crippen molar-refractivity contribution in [3.63, 3.8) is 0 Å². The predicted octanol–water partition coefficient (Wildman–Crippen LogP) is 3.33. The van der Waals surface area contributed by atoms with Crippen molar-refractivity contribution in [2.24, 2.45) is 5.10 Å². The molecule has 0 radical (unpaired) electrons. The van der Waals surface area contributed by atoms with Crippen LogP contribution >= 0.6 is 0 Å². The number of carbonyl (C=O) groups excluding carboxylic acids is 2. The number of amides is 1. The molecule has 0 aliphatic carbocycles. The monoisotopic (exact) mass is 396 g/mol. The molecular weight excluding hydrogens is 372 g/mol. The summed E-state index contributed by atoms with van der Waals surface area (Å²) in [5.41, 5.74) is 2.43. The highest BCUT2D eigenvalue weighted by molar-refractivity contribution is 6.05. The van der Waals surface area contributed by atoms with Crippen molar-refractivity contribution >= 4 is 17.6 Å². The van der Waals surface area contributed by atoms with Crippen molar-refractivity contribution in [3.05, 3.63) is 59.7 Å². The van der Waals surface area contributed by atoms with Gasteiger partial charge in [0.15, 0.2) is 6.61 Å². The summed E-state index contributed by atoms with van der Waals surface area (Å²) in [6.07, 6.45) is 0.533. The Morgan fingerprint density at radius 1 is 1.14 bits per heavy atom. The van der Waals surface area contributed by atoms with Crippen molar-refractivity contribution in [3.8, 4) is 11.5 Å². The zero-order chi connectivity index (χ0) is 20.8. The summed E-state index contributed by atoms with van der Waals surface area (Å²) in [5, 5.41) is 6.04. The van der Waals surface area contributed by atoms with Crippen LogP contribution in [0.2, 0.25) is 0 Å². The van der Waals surface area contributed by atoms with Gasteiger partial charge in [-0.15, -0.1) is 0 Å². The van der Waals surface area contributed by atoms with E-state index < -0.39 is 5.97 Å². The number of ether oxygens (including phenoxy) is 3. The molecule has 0 fully saturated rings. The lowest BCUT2D eigenvalue weighted by Crippen LogP contribution is -2.24.